The summed E-state index contributed by atoms with van der Waals surface area (Å²) in [4.78, 5) is 34.3. The van der Waals surface area contributed by atoms with E-state index >= 15 is 0 Å². The first-order valence-corrected chi connectivity index (χ1v) is 18.1. The largest absolute Gasteiger partial charge is 0.472 e. The summed E-state index contributed by atoms with van der Waals surface area (Å²) >= 11 is 0. The van der Waals surface area contributed by atoms with Crippen LogP contribution in [0.15, 0.2) is 24.3 Å². The first kappa shape index (κ1) is 40.5. The second-order valence-corrected chi connectivity index (χ2v) is 12.3. The average Bonchev–Trinajstić information content (AvgIpc) is 2.96. The van der Waals surface area contributed by atoms with Gasteiger partial charge in [0.2, 0.25) is 0 Å². The molecule has 2 atom stereocenters. The Bertz CT molecular complexity index is 752. The van der Waals surface area contributed by atoms with E-state index in [4.69, 9.17) is 18.5 Å². The van der Waals surface area contributed by atoms with E-state index < -0.39 is 26.5 Å². The standard InChI is InChI=1S/C33H61O8P/c1-4-7-9-11-13-15-16-17-18-20-22-24-26-28-33(35)41-31(30-40-42(36,37)39-6-3)29-38-32(34)27-25-23-21-19-14-12-10-8-5-2/h9,11,15-16,31H,4-8,10,12-14,17-30H2,1-3H3,(H,36,37)/b11-9-,16-15-. The van der Waals surface area contributed by atoms with Crippen LogP contribution in [0.2, 0.25) is 0 Å². The van der Waals surface area contributed by atoms with Crippen LogP contribution in [0, 0.1) is 0 Å². The number of hydrogen-bond donors (Lipinski definition) is 1. The molecule has 2 unspecified atom stereocenters. The Labute approximate surface area is 256 Å². The maximum Gasteiger partial charge on any atom is 0.472 e. The van der Waals surface area contributed by atoms with Crippen molar-refractivity contribution in [2.75, 3.05) is 19.8 Å². The minimum absolute atomic E-state index is 0.00135. The van der Waals surface area contributed by atoms with Crippen molar-refractivity contribution in [2.45, 2.75) is 155 Å². The van der Waals surface area contributed by atoms with Gasteiger partial charge in [-0.25, -0.2) is 4.57 Å². The molecule has 42 heavy (non-hydrogen) atoms. The molecule has 0 aromatic carbocycles. The quantitative estimate of drug-likeness (QED) is 0.0368. The minimum Gasteiger partial charge on any atom is -0.462 e. The Balaban J connectivity index is 4.25. The summed E-state index contributed by atoms with van der Waals surface area (Å²) in [6.07, 6.45) is 28.1. The molecule has 0 aromatic rings. The summed E-state index contributed by atoms with van der Waals surface area (Å²) in [7, 11) is -4.27. The van der Waals surface area contributed by atoms with Crippen LogP contribution >= 0.6 is 7.82 Å². The van der Waals surface area contributed by atoms with E-state index in [9.17, 15) is 19.0 Å². The van der Waals surface area contributed by atoms with E-state index in [-0.39, 0.29) is 25.6 Å². The molecular formula is C33H61O8P. The summed E-state index contributed by atoms with van der Waals surface area (Å²) in [6.45, 7) is 5.34. The third kappa shape index (κ3) is 28.6. The van der Waals surface area contributed by atoms with E-state index in [2.05, 4.69) is 38.2 Å². The molecule has 0 heterocycles. The molecule has 1 N–H and O–H groups in total. The van der Waals surface area contributed by atoms with Gasteiger partial charge in [0.05, 0.1) is 13.2 Å². The number of ether oxygens (including phenoxy) is 2. The van der Waals surface area contributed by atoms with Gasteiger partial charge in [0.25, 0.3) is 0 Å². The maximum absolute atomic E-state index is 12.4. The van der Waals surface area contributed by atoms with Crippen molar-refractivity contribution in [1.82, 2.24) is 0 Å². The first-order valence-electron chi connectivity index (χ1n) is 16.6. The lowest BCUT2D eigenvalue weighted by Gasteiger charge is -2.19. The Hall–Kier alpha value is -1.47. The lowest BCUT2D eigenvalue weighted by atomic mass is 10.1. The average molecular weight is 617 g/mol. The van der Waals surface area contributed by atoms with E-state index in [1.165, 1.54) is 44.9 Å². The Morgan fingerprint density at radius 1 is 0.643 bits per heavy atom. The molecule has 0 bridgehead atoms. The fourth-order valence-electron chi connectivity index (χ4n) is 4.31. The number of rotatable bonds is 30. The Morgan fingerprint density at radius 3 is 1.79 bits per heavy atom. The third-order valence-corrected chi connectivity index (χ3v) is 7.80. The molecule has 0 amide bonds. The predicted octanol–water partition coefficient (Wildman–Crippen LogP) is 9.55. The molecule has 246 valence electrons. The first-order chi connectivity index (χ1) is 20.3. The lowest BCUT2D eigenvalue weighted by Crippen LogP contribution is -2.29. The smallest absolute Gasteiger partial charge is 0.462 e. The van der Waals surface area contributed by atoms with Gasteiger partial charge in [0.1, 0.15) is 6.61 Å². The van der Waals surface area contributed by atoms with Crippen molar-refractivity contribution in [2.24, 2.45) is 0 Å². The molecule has 0 spiro atoms. The number of unbranched alkanes of at least 4 members (excludes halogenated alkanes) is 14. The highest BCUT2D eigenvalue weighted by molar-refractivity contribution is 7.47. The van der Waals surface area contributed by atoms with Crippen LogP contribution in [0.25, 0.3) is 0 Å². The molecule has 0 aliphatic carbocycles. The van der Waals surface area contributed by atoms with Gasteiger partial charge in [0.15, 0.2) is 6.10 Å². The van der Waals surface area contributed by atoms with Crippen molar-refractivity contribution < 1.29 is 37.6 Å². The van der Waals surface area contributed by atoms with E-state index in [1.807, 2.05) is 0 Å². The lowest BCUT2D eigenvalue weighted by molar-refractivity contribution is -0.161. The number of carbonyl (C=O) groups is 2. The third-order valence-electron chi connectivity index (χ3n) is 6.74. The van der Waals surface area contributed by atoms with Crippen LogP contribution in [0.1, 0.15) is 149 Å². The monoisotopic (exact) mass is 616 g/mol. The van der Waals surface area contributed by atoms with E-state index in [0.29, 0.717) is 12.8 Å². The molecule has 0 rings (SSSR count). The van der Waals surface area contributed by atoms with Crippen molar-refractivity contribution in [3.8, 4) is 0 Å². The molecular weight excluding hydrogens is 555 g/mol. The van der Waals surface area contributed by atoms with Crippen LogP contribution in [0.4, 0.5) is 0 Å². The molecule has 0 radical (unpaired) electrons. The zero-order valence-electron chi connectivity index (χ0n) is 26.9. The number of phosphoric acid groups is 1. The summed E-state index contributed by atoms with van der Waals surface area (Å²) in [6, 6.07) is 0. The highest BCUT2D eigenvalue weighted by Crippen LogP contribution is 2.43. The Kier molecular flexibility index (Phi) is 28.6. The van der Waals surface area contributed by atoms with Crippen LogP contribution in [-0.4, -0.2) is 42.8 Å². The molecule has 8 nitrogen and oxygen atoms in total. The van der Waals surface area contributed by atoms with E-state index in [0.717, 1.165) is 64.2 Å². The maximum atomic E-state index is 12.4. The second-order valence-electron chi connectivity index (χ2n) is 10.8. The van der Waals surface area contributed by atoms with E-state index in [1.54, 1.807) is 6.92 Å². The molecule has 0 fully saturated rings. The summed E-state index contributed by atoms with van der Waals surface area (Å²) in [5.74, 6) is -0.819. The second kappa shape index (κ2) is 29.6. The van der Waals surface area contributed by atoms with Crippen LogP contribution < -0.4 is 0 Å². The topological polar surface area (TPSA) is 108 Å². The van der Waals surface area contributed by atoms with Crippen molar-refractivity contribution in [3.05, 3.63) is 24.3 Å². The molecule has 0 saturated carbocycles. The van der Waals surface area contributed by atoms with Crippen molar-refractivity contribution in [1.29, 1.82) is 0 Å². The van der Waals surface area contributed by atoms with Crippen LogP contribution in [-0.2, 0) is 32.7 Å². The van der Waals surface area contributed by atoms with Crippen LogP contribution in [0.5, 0.6) is 0 Å². The van der Waals surface area contributed by atoms with Gasteiger partial charge in [-0.05, 0) is 45.4 Å². The van der Waals surface area contributed by atoms with Crippen molar-refractivity contribution in [3.63, 3.8) is 0 Å². The summed E-state index contributed by atoms with van der Waals surface area (Å²) in [5.41, 5.74) is 0. The number of allylic oxidation sites excluding steroid dienone is 4. The number of carbonyl (C=O) groups excluding carboxylic acids is 2. The predicted molar refractivity (Wildman–Crippen MR) is 170 cm³/mol. The molecule has 9 heteroatoms. The van der Waals surface area contributed by atoms with Gasteiger partial charge in [0, 0.05) is 12.8 Å². The van der Waals surface area contributed by atoms with Gasteiger partial charge in [-0.15, -0.1) is 0 Å². The van der Waals surface area contributed by atoms with Gasteiger partial charge >= 0.3 is 19.8 Å². The molecule has 0 aromatic heterocycles. The van der Waals surface area contributed by atoms with Gasteiger partial charge in [-0.1, -0.05) is 115 Å². The number of esters is 2. The zero-order chi connectivity index (χ0) is 31.2. The zero-order valence-corrected chi connectivity index (χ0v) is 27.8. The highest BCUT2D eigenvalue weighted by Gasteiger charge is 2.25. The van der Waals surface area contributed by atoms with Crippen LogP contribution in [0.3, 0.4) is 0 Å². The van der Waals surface area contributed by atoms with Gasteiger partial charge < -0.3 is 14.4 Å². The normalized spacial score (nSPS) is 13.9. The summed E-state index contributed by atoms with van der Waals surface area (Å²) in [5, 5.41) is 0. The fourth-order valence-corrected chi connectivity index (χ4v) is 5.07. The molecule has 0 aliphatic rings. The fraction of sp³-hybridized carbons (Fsp3) is 0.818. The number of hydrogen-bond acceptors (Lipinski definition) is 7. The Morgan fingerprint density at radius 2 is 1.19 bits per heavy atom. The number of phosphoric ester groups is 1. The summed E-state index contributed by atoms with van der Waals surface area (Å²) < 4.78 is 32.3. The van der Waals surface area contributed by atoms with Gasteiger partial charge in [-0.3, -0.25) is 18.6 Å². The molecule has 0 saturated heterocycles. The SMILES string of the molecule is CCC/C=C\C/C=C\CCCCCCCC(=O)OC(COC(=O)CCCCCCCCCCC)COP(=O)(O)OCC. The highest BCUT2D eigenvalue weighted by atomic mass is 31.2. The molecule has 0 aliphatic heterocycles. The van der Waals surface area contributed by atoms with Crippen molar-refractivity contribution >= 4 is 19.8 Å². The minimum atomic E-state index is -4.27. The van der Waals surface area contributed by atoms with Gasteiger partial charge in [-0.2, -0.15) is 0 Å².